The SMILES string of the molecule is COc1ccc(C(=O)Cc2ccc(F)c(Cl)c2)nn1. The monoisotopic (exact) mass is 280 g/mol. The summed E-state index contributed by atoms with van der Waals surface area (Å²) in [5.74, 6) is -0.402. The van der Waals surface area contributed by atoms with Crippen LogP contribution in [0.4, 0.5) is 4.39 Å². The third-order valence-electron chi connectivity index (χ3n) is 2.48. The Bertz CT molecular complexity index is 602. The Balaban J connectivity index is 2.13. The van der Waals surface area contributed by atoms with Crippen molar-refractivity contribution in [3.63, 3.8) is 0 Å². The lowest BCUT2D eigenvalue weighted by molar-refractivity contribution is 0.0987. The summed E-state index contributed by atoms with van der Waals surface area (Å²) in [4.78, 5) is 11.9. The lowest BCUT2D eigenvalue weighted by atomic mass is 10.1. The molecule has 0 unspecified atom stereocenters. The molecule has 19 heavy (non-hydrogen) atoms. The molecule has 4 nitrogen and oxygen atoms in total. The third kappa shape index (κ3) is 3.26. The fraction of sp³-hybridized carbons (Fsp3) is 0.154. The second-order valence-corrected chi connectivity index (χ2v) is 4.22. The van der Waals surface area contributed by atoms with E-state index in [1.165, 1.54) is 31.4 Å². The number of ketones is 1. The van der Waals surface area contributed by atoms with Gasteiger partial charge in [0.05, 0.1) is 12.1 Å². The fourth-order valence-electron chi connectivity index (χ4n) is 1.50. The van der Waals surface area contributed by atoms with Gasteiger partial charge in [-0.05, 0) is 23.8 Å². The first-order valence-electron chi connectivity index (χ1n) is 5.45. The predicted molar refractivity (Wildman–Crippen MR) is 68.0 cm³/mol. The number of aromatic nitrogens is 2. The van der Waals surface area contributed by atoms with Gasteiger partial charge in [0.25, 0.3) is 0 Å². The first kappa shape index (κ1) is 13.4. The quantitative estimate of drug-likeness (QED) is 0.808. The Labute approximate surface area is 114 Å². The molecule has 0 saturated carbocycles. The molecule has 0 saturated heterocycles. The van der Waals surface area contributed by atoms with Gasteiger partial charge in [-0.2, -0.15) is 0 Å². The van der Waals surface area contributed by atoms with Crippen molar-refractivity contribution in [1.29, 1.82) is 0 Å². The molecule has 1 aromatic heterocycles. The molecule has 0 atom stereocenters. The molecule has 0 aliphatic heterocycles. The van der Waals surface area contributed by atoms with Crippen molar-refractivity contribution in [2.24, 2.45) is 0 Å². The second-order valence-electron chi connectivity index (χ2n) is 3.81. The molecule has 0 aliphatic rings. The second kappa shape index (κ2) is 5.75. The smallest absolute Gasteiger partial charge is 0.233 e. The maximum atomic E-state index is 13.0. The summed E-state index contributed by atoms with van der Waals surface area (Å²) >= 11 is 5.65. The van der Waals surface area contributed by atoms with Gasteiger partial charge in [0.15, 0.2) is 5.78 Å². The average molecular weight is 281 g/mol. The third-order valence-corrected chi connectivity index (χ3v) is 2.77. The van der Waals surface area contributed by atoms with Gasteiger partial charge < -0.3 is 4.74 Å². The zero-order chi connectivity index (χ0) is 13.8. The number of hydrogen-bond donors (Lipinski definition) is 0. The van der Waals surface area contributed by atoms with Crippen LogP contribution >= 0.6 is 11.6 Å². The van der Waals surface area contributed by atoms with Crippen LogP contribution in [0, 0.1) is 5.82 Å². The molecule has 6 heteroatoms. The topological polar surface area (TPSA) is 52.1 Å². The molecule has 2 aromatic rings. The number of carbonyl (C=O) groups excluding carboxylic acids is 1. The summed E-state index contributed by atoms with van der Waals surface area (Å²) in [7, 11) is 1.46. The van der Waals surface area contributed by atoms with Crippen LogP contribution in [0.15, 0.2) is 30.3 Å². The van der Waals surface area contributed by atoms with Gasteiger partial charge in [-0.25, -0.2) is 4.39 Å². The van der Waals surface area contributed by atoms with Gasteiger partial charge in [-0.1, -0.05) is 17.7 Å². The molecule has 2 rings (SSSR count). The number of halogens is 2. The van der Waals surface area contributed by atoms with Crippen molar-refractivity contribution in [3.05, 3.63) is 52.4 Å². The van der Waals surface area contributed by atoms with Gasteiger partial charge in [-0.15, -0.1) is 10.2 Å². The molecule has 0 aliphatic carbocycles. The average Bonchev–Trinajstić information content (AvgIpc) is 2.43. The van der Waals surface area contributed by atoms with E-state index in [9.17, 15) is 9.18 Å². The Hall–Kier alpha value is -2.01. The maximum Gasteiger partial charge on any atom is 0.233 e. The van der Waals surface area contributed by atoms with Crippen LogP contribution in [0.3, 0.4) is 0 Å². The van der Waals surface area contributed by atoms with Crippen molar-refractivity contribution in [3.8, 4) is 5.88 Å². The number of rotatable bonds is 4. The van der Waals surface area contributed by atoms with Crippen LogP contribution in [-0.4, -0.2) is 23.1 Å². The van der Waals surface area contributed by atoms with E-state index in [0.717, 1.165) is 0 Å². The van der Waals surface area contributed by atoms with E-state index in [0.29, 0.717) is 11.4 Å². The van der Waals surface area contributed by atoms with E-state index in [4.69, 9.17) is 16.3 Å². The van der Waals surface area contributed by atoms with Gasteiger partial charge in [-0.3, -0.25) is 4.79 Å². The van der Waals surface area contributed by atoms with Crippen LogP contribution in [0.25, 0.3) is 0 Å². The van der Waals surface area contributed by atoms with Crippen molar-refractivity contribution >= 4 is 17.4 Å². The molecule has 0 amide bonds. The molecule has 1 aromatic carbocycles. The van der Waals surface area contributed by atoms with Gasteiger partial charge in [0, 0.05) is 12.5 Å². The van der Waals surface area contributed by atoms with Crippen LogP contribution in [0.1, 0.15) is 16.1 Å². The Kier molecular flexibility index (Phi) is 4.06. The molecule has 0 fully saturated rings. The molecule has 0 bridgehead atoms. The predicted octanol–water partition coefficient (Wildman–Crippen LogP) is 2.70. The van der Waals surface area contributed by atoms with Crippen LogP contribution in [0.2, 0.25) is 5.02 Å². The summed E-state index contributed by atoms with van der Waals surface area (Å²) in [6, 6.07) is 7.24. The number of methoxy groups -OCH3 is 1. The van der Waals surface area contributed by atoms with Crippen LogP contribution in [-0.2, 0) is 6.42 Å². The normalized spacial score (nSPS) is 10.3. The first-order chi connectivity index (χ1) is 9.10. The molecular weight excluding hydrogens is 271 g/mol. The summed E-state index contributed by atoms with van der Waals surface area (Å²) < 4.78 is 17.8. The minimum atomic E-state index is -0.512. The Morgan fingerprint density at radius 3 is 2.68 bits per heavy atom. The van der Waals surface area contributed by atoms with Crippen molar-refractivity contribution in [2.75, 3.05) is 7.11 Å². The van der Waals surface area contributed by atoms with E-state index >= 15 is 0 Å². The molecule has 0 spiro atoms. The van der Waals surface area contributed by atoms with Crippen LogP contribution in [0.5, 0.6) is 5.88 Å². The molecule has 98 valence electrons. The minimum absolute atomic E-state index is 0.00823. The van der Waals surface area contributed by atoms with Gasteiger partial charge >= 0.3 is 0 Å². The summed E-state index contributed by atoms with van der Waals surface area (Å²) in [6.07, 6.45) is 0.0843. The Morgan fingerprint density at radius 1 is 1.32 bits per heavy atom. The highest BCUT2D eigenvalue weighted by atomic mass is 35.5. The number of ether oxygens (including phenoxy) is 1. The summed E-state index contributed by atoms with van der Waals surface area (Å²) in [6.45, 7) is 0. The maximum absolute atomic E-state index is 13.0. The molecular formula is C13H10ClFN2O2. The number of carbonyl (C=O) groups is 1. The van der Waals surface area contributed by atoms with Crippen molar-refractivity contribution in [1.82, 2.24) is 10.2 Å². The highest BCUT2D eigenvalue weighted by Crippen LogP contribution is 2.17. The highest BCUT2D eigenvalue weighted by molar-refractivity contribution is 6.30. The standard InChI is InChI=1S/C13H10ClFN2O2/c1-19-13-5-4-11(16-17-13)12(18)7-8-2-3-10(15)9(14)6-8/h2-6H,7H2,1H3. The zero-order valence-corrected chi connectivity index (χ0v) is 10.8. The number of benzene rings is 1. The molecule has 0 N–H and O–H groups in total. The van der Waals surface area contributed by atoms with Crippen molar-refractivity contribution in [2.45, 2.75) is 6.42 Å². The van der Waals surface area contributed by atoms with Crippen LogP contribution < -0.4 is 4.74 Å². The fourth-order valence-corrected chi connectivity index (χ4v) is 1.71. The molecule has 1 heterocycles. The number of nitrogens with zero attached hydrogens (tertiary/aromatic N) is 2. The van der Waals surface area contributed by atoms with Gasteiger partial charge in [0.1, 0.15) is 11.5 Å². The van der Waals surface area contributed by atoms with E-state index in [2.05, 4.69) is 10.2 Å². The first-order valence-corrected chi connectivity index (χ1v) is 5.83. The molecule has 0 radical (unpaired) electrons. The number of Topliss-reactive ketones (excluding diaryl/α,β-unsaturated/α-hetero) is 1. The lowest BCUT2D eigenvalue weighted by Crippen LogP contribution is -2.07. The highest BCUT2D eigenvalue weighted by Gasteiger charge is 2.11. The largest absolute Gasteiger partial charge is 0.480 e. The van der Waals surface area contributed by atoms with E-state index < -0.39 is 5.82 Å². The lowest BCUT2D eigenvalue weighted by Gasteiger charge is -2.02. The summed E-state index contributed by atoms with van der Waals surface area (Å²) in [5, 5.41) is 7.46. The Morgan fingerprint density at radius 2 is 2.11 bits per heavy atom. The van der Waals surface area contributed by atoms with Crippen molar-refractivity contribution < 1.29 is 13.9 Å². The minimum Gasteiger partial charge on any atom is -0.480 e. The van der Waals surface area contributed by atoms with E-state index in [1.807, 2.05) is 0 Å². The van der Waals surface area contributed by atoms with Gasteiger partial charge in [0.2, 0.25) is 5.88 Å². The summed E-state index contributed by atoms with van der Waals surface area (Å²) in [5.41, 5.74) is 0.843. The zero-order valence-electron chi connectivity index (χ0n) is 10.1. The number of hydrogen-bond acceptors (Lipinski definition) is 4. The van der Waals surface area contributed by atoms with E-state index in [-0.39, 0.29) is 22.9 Å². The van der Waals surface area contributed by atoms with E-state index in [1.54, 1.807) is 6.07 Å².